The fourth-order valence-electron chi connectivity index (χ4n) is 2.47. The van der Waals surface area contributed by atoms with Gasteiger partial charge in [0.1, 0.15) is 0 Å². The molecule has 0 unspecified atom stereocenters. The molecule has 0 aliphatic carbocycles. The van der Waals surface area contributed by atoms with Gasteiger partial charge >= 0.3 is 0 Å². The molecule has 1 fully saturated rings. The quantitative estimate of drug-likeness (QED) is 0.858. The molecule has 1 amide bonds. The Morgan fingerprint density at radius 1 is 1.15 bits per heavy atom. The van der Waals surface area contributed by atoms with E-state index in [-0.39, 0.29) is 0 Å². The predicted molar refractivity (Wildman–Crippen MR) is 83.7 cm³/mol. The highest BCUT2D eigenvalue weighted by Gasteiger charge is 2.21. The molecule has 0 bridgehead atoms. The molecular formula is C16H25N3O. The van der Waals surface area contributed by atoms with Crippen molar-refractivity contribution in [2.75, 3.05) is 36.8 Å². The summed E-state index contributed by atoms with van der Waals surface area (Å²) in [6.45, 7) is 7.76. The van der Waals surface area contributed by atoms with Gasteiger partial charge in [0.2, 0.25) is 5.91 Å². The minimum absolute atomic E-state index is 0.302. The largest absolute Gasteiger partial charge is 0.399 e. The number of amides is 1. The van der Waals surface area contributed by atoms with Crippen molar-refractivity contribution in [3.8, 4) is 0 Å². The third-order valence-corrected chi connectivity index (χ3v) is 3.83. The molecule has 1 aliphatic heterocycles. The molecule has 2 N–H and O–H groups in total. The van der Waals surface area contributed by atoms with E-state index in [9.17, 15) is 4.79 Å². The molecule has 4 nitrogen and oxygen atoms in total. The van der Waals surface area contributed by atoms with Gasteiger partial charge in [-0.25, -0.2) is 0 Å². The number of hydrogen-bond acceptors (Lipinski definition) is 3. The molecule has 4 heteroatoms. The maximum Gasteiger partial charge on any atom is 0.222 e. The zero-order valence-electron chi connectivity index (χ0n) is 12.5. The highest BCUT2D eigenvalue weighted by Crippen LogP contribution is 2.18. The van der Waals surface area contributed by atoms with Crippen LogP contribution in [0.4, 0.5) is 11.4 Å². The topological polar surface area (TPSA) is 49.6 Å². The molecule has 1 heterocycles. The molecular weight excluding hydrogens is 250 g/mol. The van der Waals surface area contributed by atoms with Crippen molar-refractivity contribution in [2.45, 2.75) is 26.7 Å². The number of carbonyl (C=O) groups excluding carboxylic acids is 1. The third-order valence-electron chi connectivity index (χ3n) is 3.83. The molecule has 110 valence electrons. The number of hydrogen-bond donors (Lipinski definition) is 1. The summed E-state index contributed by atoms with van der Waals surface area (Å²) in [6.07, 6.45) is 1.66. The highest BCUT2D eigenvalue weighted by atomic mass is 16.2. The molecule has 1 saturated heterocycles. The van der Waals surface area contributed by atoms with Crippen molar-refractivity contribution in [2.24, 2.45) is 5.92 Å². The molecule has 0 atom stereocenters. The van der Waals surface area contributed by atoms with Gasteiger partial charge in [0.05, 0.1) is 0 Å². The van der Waals surface area contributed by atoms with Crippen molar-refractivity contribution in [3.05, 3.63) is 24.3 Å². The SMILES string of the molecule is CC(C)CCC(=O)N1CCN(c2ccc(N)cc2)CC1. The number of benzene rings is 1. The van der Waals surface area contributed by atoms with Crippen molar-refractivity contribution in [1.82, 2.24) is 4.90 Å². The molecule has 0 spiro atoms. The summed E-state index contributed by atoms with van der Waals surface area (Å²) in [5.41, 5.74) is 7.68. The summed E-state index contributed by atoms with van der Waals surface area (Å²) in [7, 11) is 0. The van der Waals surface area contributed by atoms with E-state index in [1.165, 1.54) is 5.69 Å². The van der Waals surface area contributed by atoms with Crippen LogP contribution in [-0.4, -0.2) is 37.0 Å². The summed E-state index contributed by atoms with van der Waals surface area (Å²) in [4.78, 5) is 16.4. The van der Waals surface area contributed by atoms with Gasteiger partial charge < -0.3 is 15.5 Å². The van der Waals surface area contributed by atoms with Crippen molar-refractivity contribution in [3.63, 3.8) is 0 Å². The van der Waals surface area contributed by atoms with Crippen LogP contribution in [0.15, 0.2) is 24.3 Å². The van der Waals surface area contributed by atoms with Gasteiger partial charge in [0, 0.05) is 44.0 Å². The van der Waals surface area contributed by atoms with E-state index >= 15 is 0 Å². The van der Waals surface area contributed by atoms with Crippen LogP contribution in [0, 0.1) is 5.92 Å². The molecule has 0 aromatic heterocycles. The second-order valence-electron chi connectivity index (χ2n) is 5.89. The number of nitrogen functional groups attached to an aromatic ring is 1. The van der Waals surface area contributed by atoms with Crippen LogP contribution >= 0.6 is 0 Å². The number of nitrogens with two attached hydrogens (primary N) is 1. The second kappa shape index (κ2) is 6.64. The van der Waals surface area contributed by atoms with Crippen LogP contribution in [0.1, 0.15) is 26.7 Å². The smallest absolute Gasteiger partial charge is 0.222 e. The highest BCUT2D eigenvalue weighted by molar-refractivity contribution is 5.76. The number of anilines is 2. The number of carbonyl (C=O) groups is 1. The van der Waals surface area contributed by atoms with Crippen LogP contribution in [0.5, 0.6) is 0 Å². The van der Waals surface area contributed by atoms with Crippen LogP contribution < -0.4 is 10.6 Å². The maximum atomic E-state index is 12.1. The van der Waals surface area contributed by atoms with E-state index in [1.54, 1.807) is 0 Å². The summed E-state index contributed by atoms with van der Waals surface area (Å²) in [5.74, 6) is 0.894. The first kappa shape index (κ1) is 14.7. The van der Waals surface area contributed by atoms with E-state index in [0.29, 0.717) is 18.2 Å². The van der Waals surface area contributed by atoms with Crippen LogP contribution in [0.25, 0.3) is 0 Å². The Bertz CT molecular complexity index is 434. The van der Waals surface area contributed by atoms with Gasteiger partial charge in [-0.1, -0.05) is 13.8 Å². The Morgan fingerprint density at radius 2 is 1.75 bits per heavy atom. The van der Waals surface area contributed by atoms with Gasteiger partial charge in [0.15, 0.2) is 0 Å². The van der Waals surface area contributed by atoms with E-state index in [2.05, 4.69) is 18.7 Å². The zero-order chi connectivity index (χ0) is 14.5. The fourth-order valence-corrected chi connectivity index (χ4v) is 2.47. The van der Waals surface area contributed by atoms with Crippen molar-refractivity contribution in [1.29, 1.82) is 0 Å². The Balaban J connectivity index is 1.83. The van der Waals surface area contributed by atoms with Crippen molar-refractivity contribution < 1.29 is 4.79 Å². The van der Waals surface area contributed by atoms with E-state index in [0.717, 1.165) is 38.3 Å². The first-order chi connectivity index (χ1) is 9.56. The fraction of sp³-hybridized carbons (Fsp3) is 0.562. The number of piperazine rings is 1. The lowest BCUT2D eigenvalue weighted by atomic mass is 10.1. The maximum absolute atomic E-state index is 12.1. The van der Waals surface area contributed by atoms with Gasteiger partial charge in [0.25, 0.3) is 0 Å². The summed E-state index contributed by atoms with van der Waals surface area (Å²) < 4.78 is 0. The molecule has 1 aliphatic rings. The van der Waals surface area contributed by atoms with Crippen LogP contribution in [0.2, 0.25) is 0 Å². The third kappa shape index (κ3) is 3.89. The minimum atomic E-state index is 0.302. The molecule has 1 aromatic rings. The van der Waals surface area contributed by atoms with Gasteiger partial charge in [-0.05, 0) is 36.6 Å². The van der Waals surface area contributed by atoms with Crippen LogP contribution in [-0.2, 0) is 4.79 Å². The first-order valence-corrected chi connectivity index (χ1v) is 7.44. The zero-order valence-corrected chi connectivity index (χ0v) is 12.5. The minimum Gasteiger partial charge on any atom is -0.399 e. The Kier molecular flexibility index (Phi) is 4.88. The summed E-state index contributed by atoms with van der Waals surface area (Å²) >= 11 is 0. The van der Waals surface area contributed by atoms with Gasteiger partial charge in [-0.15, -0.1) is 0 Å². The second-order valence-corrected chi connectivity index (χ2v) is 5.89. The normalized spacial score (nSPS) is 15.8. The number of nitrogens with zero attached hydrogens (tertiary/aromatic N) is 2. The standard InChI is InChI=1S/C16H25N3O/c1-13(2)3-8-16(20)19-11-9-18(10-12-19)15-6-4-14(17)5-7-15/h4-7,13H,3,8-12,17H2,1-2H3. The molecule has 1 aromatic carbocycles. The molecule has 2 rings (SSSR count). The molecule has 0 radical (unpaired) electrons. The summed E-state index contributed by atoms with van der Waals surface area (Å²) in [6, 6.07) is 7.95. The number of rotatable bonds is 4. The monoisotopic (exact) mass is 275 g/mol. The lowest BCUT2D eigenvalue weighted by Crippen LogP contribution is -2.48. The van der Waals surface area contributed by atoms with Gasteiger partial charge in [-0.2, -0.15) is 0 Å². The Morgan fingerprint density at radius 3 is 2.30 bits per heavy atom. The Labute approximate surface area is 121 Å². The first-order valence-electron chi connectivity index (χ1n) is 7.44. The molecule has 20 heavy (non-hydrogen) atoms. The Hall–Kier alpha value is -1.71. The van der Waals surface area contributed by atoms with E-state index < -0.39 is 0 Å². The average molecular weight is 275 g/mol. The van der Waals surface area contributed by atoms with Gasteiger partial charge in [-0.3, -0.25) is 4.79 Å². The lowest BCUT2D eigenvalue weighted by molar-refractivity contribution is -0.131. The lowest BCUT2D eigenvalue weighted by Gasteiger charge is -2.36. The predicted octanol–water partition coefficient (Wildman–Crippen LogP) is 2.35. The summed E-state index contributed by atoms with van der Waals surface area (Å²) in [5, 5.41) is 0. The average Bonchev–Trinajstić information content (AvgIpc) is 2.46. The molecule has 0 saturated carbocycles. The van der Waals surface area contributed by atoms with E-state index in [1.807, 2.05) is 29.2 Å². The van der Waals surface area contributed by atoms with Crippen molar-refractivity contribution >= 4 is 17.3 Å². The van der Waals surface area contributed by atoms with Crippen LogP contribution in [0.3, 0.4) is 0 Å². The van der Waals surface area contributed by atoms with E-state index in [4.69, 9.17) is 5.73 Å².